The van der Waals surface area contributed by atoms with E-state index in [-0.39, 0.29) is 17.7 Å². The molecule has 0 aliphatic carbocycles. The molecule has 1 aromatic heterocycles. The third-order valence-corrected chi connectivity index (χ3v) is 8.84. The first-order chi connectivity index (χ1) is 15.9. The minimum atomic E-state index is -3.51. The molecule has 8 heteroatoms. The van der Waals surface area contributed by atoms with E-state index in [4.69, 9.17) is 4.42 Å². The number of oxazole rings is 1. The molecule has 2 aliphatic rings. The fourth-order valence-corrected chi connectivity index (χ4v) is 6.34. The molecule has 174 valence electrons. The Balaban J connectivity index is 1.16. The highest BCUT2D eigenvalue weighted by molar-refractivity contribution is 7.89. The molecule has 0 bridgehead atoms. The van der Waals surface area contributed by atoms with Crippen molar-refractivity contribution in [1.82, 2.24) is 14.2 Å². The molecule has 2 fully saturated rings. The second-order valence-corrected chi connectivity index (χ2v) is 11.0. The fraction of sp³-hybridized carbons (Fsp3) is 0.440. The number of aryl methyl sites for hydroxylation is 1. The van der Waals surface area contributed by atoms with E-state index in [1.54, 1.807) is 12.1 Å². The summed E-state index contributed by atoms with van der Waals surface area (Å²) in [5, 5.41) is 0. The van der Waals surface area contributed by atoms with Gasteiger partial charge in [0.05, 0.1) is 4.90 Å². The number of sulfonamides is 1. The summed E-state index contributed by atoms with van der Waals surface area (Å²) in [5.74, 6) is 1.02. The molecule has 5 rings (SSSR count). The van der Waals surface area contributed by atoms with Gasteiger partial charge in [-0.1, -0.05) is 29.8 Å². The zero-order valence-electron chi connectivity index (χ0n) is 18.8. The summed E-state index contributed by atoms with van der Waals surface area (Å²) in [6, 6.07) is 14.7. The van der Waals surface area contributed by atoms with Crippen molar-refractivity contribution in [2.45, 2.75) is 43.4 Å². The van der Waals surface area contributed by atoms with Gasteiger partial charge in [0.1, 0.15) is 5.52 Å². The molecule has 0 spiro atoms. The maximum atomic E-state index is 13.1. The Kier molecular flexibility index (Phi) is 5.97. The van der Waals surface area contributed by atoms with Crippen molar-refractivity contribution in [3.05, 3.63) is 60.0 Å². The van der Waals surface area contributed by atoms with Crippen molar-refractivity contribution in [3.63, 3.8) is 0 Å². The van der Waals surface area contributed by atoms with Crippen LogP contribution in [0.2, 0.25) is 0 Å². The Hall–Kier alpha value is -2.71. The topological polar surface area (TPSA) is 83.7 Å². The van der Waals surface area contributed by atoms with E-state index in [0.717, 1.165) is 35.4 Å². The summed E-state index contributed by atoms with van der Waals surface area (Å²) in [4.78, 5) is 20.0. The summed E-state index contributed by atoms with van der Waals surface area (Å²) in [6.07, 6.45) is 2.79. The van der Waals surface area contributed by atoms with Crippen molar-refractivity contribution in [2.24, 2.45) is 5.92 Å². The molecule has 0 N–H and O–H groups in total. The van der Waals surface area contributed by atoms with Crippen LogP contribution >= 0.6 is 0 Å². The SMILES string of the molecule is Cc1ccc(S(=O)(=O)N2CCC(C(=O)N3CCC(c4nc5ccccc5o4)CC3)CC2)cc1. The van der Waals surface area contributed by atoms with Gasteiger partial charge in [0, 0.05) is 38.0 Å². The number of likely N-dealkylation sites (tertiary alicyclic amines) is 1. The lowest BCUT2D eigenvalue weighted by molar-refractivity contribution is -0.137. The van der Waals surface area contributed by atoms with Crippen LogP contribution in [0.1, 0.15) is 43.1 Å². The third-order valence-electron chi connectivity index (χ3n) is 6.93. The highest BCUT2D eigenvalue weighted by atomic mass is 32.2. The number of hydrogen-bond acceptors (Lipinski definition) is 5. The van der Waals surface area contributed by atoms with E-state index in [9.17, 15) is 13.2 Å². The molecular formula is C25H29N3O4S. The fourth-order valence-electron chi connectivity index (χ4n) is 4.87. The summed E-state index contributed by atoms with van der Waals surface area (Å²) in [7, 11) is -3.51. The number of carbonyl (C=O) groups excluding carboxylic acids is 1. The predicted molar refractivity (Wildman–Crippen MR) is 125 cm³/mol. The van der Waals surface area contributed by atoms with Crippen LogP contribution in [0.25, 0.3) is 11.1 Å². The van der Waals surface area contributed by atoms with Gasteiger partial charge in [-0.3, -0.25) is 4.79 Å². The number of fused-ring (bicyclic) bond motifs is 1. The first-order valence-electron chi connectivity index (χ1n) is 11.6. The lowest BCUT2D eigenvalue weighted by Gasteiger charge is -2.36. The number of rotatable bonds is 4. The van der Waals surface area contributed by atoms with Crippen LogP contribution in [-0.2, 0) is 14.8 Å². The number of nitrogens with zero attached hydrogens (tertiary/aromatic N) is 3. The minimum Gasteiger partial charge on any atom is -0.440 e. The van der Waals surface area contributed by atoms with E-state index in [1.807, 2.05) is 48.2 Å². The van der Waals surface area contributed by atoms with Gasteiger partial charge in [0.25, 0.3) is 0 Å². The molecule has 33 heavy (non-hydrogen) atoms. The second-order valence-electron chi connectivity index (χ2n) is 9.11. The number of piperidine rings is 2. The minimum absolute atomic E-state index is 0.115. The number of carbonyl (C=O) groups is 1. The van der Waals surface area contributed by atoms with Crippen molar-refractivity contribution in [2.75, 3.05) is 26.2 Å². The average molecular weight is 468 g/mol. The number of para-hydroxylation sites is 2. The maximum absolute atomic E-state index is 13.1. The van der Waals surface area contributed by atoms with Crippen LogP contribution in [0.4, 0.5) is 0 Å². The lowest BCUT2D eigenvalue weighted by atomic mass is 9.92. The van der Waals surface area contributed by atoms with E-state index in [2.05, 4.69) is 4.98 Å². The Bertz CT molecular complexity index is 1200. The summed E-state index contributed by atoms with van der Waals surface area (Å²) in [5.41, 5.74) is 2.70. The van der Waals surface area contributed by atoms with Crippen LogP contribution in [0, 0.1) is 12.8 Å². The molecule has 2 aliphatic heterocycles. The summed E-state index contributed by atoms with van der Waals surface area (Å²) in [6.45, 7) is 4.07. The molecule has 0 radical (unpaired) electrons. The predicted octanol–water partition coefficient (Wildman–Crippen LogP) is 3.94. The maximum Gasteiger partial charge on any atom is 0.243 e. The van der Waals surface area contributed by atoms with E-state index < -0.39 is 10.0 Å². The smallest absolute Gasteiger partial charge is 0.243 e. The standard InChI is InChI=1S/C25H29N3O4S/c1-18-6-8-21(9-7-18)33(30,31)28-16-12-20(13-17-28)25(29)27-14-10-19(11-15-27)24-26-22-4-2-3-5-23(22)32-24/h2-9,19-20H,10-17H2,1H3. The highest BCUT2D eigenvalue weighted by Gasteiger charge is 2.35. The molecule has 0 unspecified atom stereocenters. The van der Waals surface area contributed by atoms with Crippen molar-refractivity contribution in [1.29, 1.82) is 0 Å². The van der Waals surface area contributed by atoms with Gasteiger partial charge in [-0.2, -0.15) is 4.31 Å². The summed E-state index contributed by atoms with van der Waals surface area (Å²) >= 11 is 0. The van der Waals surface area contributed by atoms with E-state index in [0.29, 0.717) is 43.9 Å². The number of amides is 1. The number of aromatic nitrogens is 1. The largest absolute Gasteiger partial charge is 0.440 e. The van der Waals surface area contributed by atoms with E-state index in [1.165, 1.54) is 4.31 Å². The number of benzene rings is 2. The van der Waals surface area contributed by atoms with Gasteiger partial charge >= 0.3 is 0 Å². The van der Waals surface area contributed by atoms with Gasteiger partial charge in [0.2, 0.25) is 15.9 Å². The molecule has 2 aromatic carbocycles. The van der Waals surface area contributed by atoms with Gasteiger partial charge < -0.3 is 9.32 Å². The molecule has 7 nitrogen and oxygen atoms in total. The van der Waals surface area contributed by atoms with Crippen molar-refractivity contribution in [3.8, 4) is 0 Å². The zero-order chi connectivity index (χ0) is 23.0. The molecule has 3 heterocycles. The Labute approximate surface area is 194 Å². The van der Waals surface area contributed by atoms with Crippen molar-refractivity contribution < 1.29 is 17.6 Å². The Morgan fingerprint density at radius 3 is 2.27 bits per heavy atom. The lowest BCUT2D eigenvalue weighted by Crippen LogP contribution is -2.46. The first-order valence-corrected chi connectivity index (χ1v) is 13.1. The van der Waals surface area contributed by atoms with Crippen LogP contribution in [-0.4, -0.2) is 54.7 Å². The summed E-state index contributed by atoms with van der Waals surface area (Å²) < 4.78 is 33.3. The molecular weight excluding hydrogens is 438 g/mol. The Morgan fingerprint density at radius 1 is 0.939 bits per heavy atom. The molecule has 1 amide bonds. The first kappa shape index (κ1) is 22.1. The average Bonchev–Trinajstić information content (AvgIpc) is 3.28. The van der Waals surface area contributed by atoms with Crippen LogP contribution in [0.15, 0.2) is 57.8 Å². The van der Waals surface area contributed by atoms with Gasteiger partial charge in [-0.25, -0.2) is 13.4 Å². The molecule has 0 saturated carbocycles. The monoisotopic (exact) mass is 467 g/mol. The molecule has 2 saturated heterocycles. The molecule has 0 atom stereocenters. The van der Waals surface area contributed by atoms with E-state index >= 15 is 0 Å². The van der Waals surface area contributed by atoms with Crippen LogP contribution in [0.3, 0.4) is 0 Å². The zero-order valence-corrected chi connectivity index (χ0v) is 19.6. The van der Waals surface area contributed by atoms with Gasteiger partial charge in [-0.05, 0) is 56.9 Å². The highest BCUT2D eigenvalue weighted by Crippen LogP contribution is 2.32. The van der Waals surface area contributed by atoms with Crippen LogP contribution < -0.4 is 0 Å². The van der Waals surface area contributed by atoms with Gasteiger partial charge in [0.15, 0.2) is 11.5 Å². The van der Waals surface area contributed by atoms with Crippen molar-refractivity contribution >= 4 is 27.0 Å². The van der Waals surface area contributed by atoms with Crippen LogP contribution in [0.5, 0.6) is 0 Å². The molecule has 3 aromatic rings. The number of hydrogen-bond donors (Lipinski definition) is 0. The second kappa shape index (κ2) is 8.91. The third kappa shape index (κ3) is 4.42. The Morgan fingerprint density at radius 2 is 1.61 bits per heavy atom. The van der Waals surface area contributed by atoms with Gasteiger partial charge in [-0.15, -0.1) is 0 Å². The quantitative estimate of drug-likeness (QED) is 0.580. The normalized spacial score (nSPS) is 19.2.